The van der Waals surface area contributed by atoms with Crippen molar-refractivity contribution in [3.8, 4) is 0 Å². The fourth-order valence-electron chi connectivity index (χ4n) is 2.51. The second-order valence-corrected chi connectivity index (χ2v) is 14.4. The van der Waals surface area contributed by atoms with E-state index in [0.717, 1.165) is 12.0 Å². The van der Waals surface area contributed by atoms with Crippen LogP contribution >= 0.6 is 0 Å². The maximum Gasteiger partial charge on any atom is 0.181 e. The summed E-state index contributed by atoms with van der Waals surface area (Å²) in [6.07, 6.45) is 2.79. The highest BCUT2D eigenvalue weighted by molar-refractivity contribution is 7.91. The lowest BCUT2D eigenvalue weighted by atomic mass is 10.1. The third-order valence-corrected chi connectivity index (χ3v) is 8.03. The Balaban J connectivity index is 2.25. The molecule has 2 aromatic rings. The molecule has 0 spiro atoms. The van der Waals surface area contributed by atoms with Crippen molar-refractivity contribution in [2.24, 2.45) is 0 Å². The van der Waals surface area contributed by atoms with Crippen LogP contribution in [0, 0.1) is 6.92 Å². The molecule has 0 bridgehead atoms. The molecule has 2 aromatic carbocycles. The van der Waals surface area contributed by atoms with Gasteiger partial charge in [0.15, 0.2) is 9.84 Å². The van der Waals surface area contributed by atoms with Gasteiger partial charge < -0.3 is 0 Å². The molecule has 0 N–H and O–H groups in total. The summed E-state index contributed by atoms with van der Waals surface area (Å²) < 4.78 is 25.2. The Kier molecular flexibility index (Phi) is 5.83. The van der Waals surface area contributed by atoms with Gasteiger partial charge in [0, 0.05) is 0 Å². The number of allylic oxidation sites excluding steroid dienone is 1. The first-order valence-electron chi connectivity index (χ1n) is 8.21. The van der Waals surface area contributed by atoms with Gasteiger partial charge in [0.05, 0.1) is 18.7 Å². The van der Waals surface area contributed by atoms with Gasteiger partial charge in [0.1, 0.15) is 0 Å². The van der Waals surface area contributed by atoms with Crippen LogP contribution < -0.4 is 0 Å². The first-order chi connectivity index (χ1) is 11.2. The molecule has 0 atom stereocenters. The largest absolute Gasteiger partial charge is 0.223 e. The standard InChI is InChI=1S/C20H26O2SSi/c1-17-10-12-19(13-11-17)23(21,22)15-14-20(24(2,3)4)16-18-8-6-5-7-9-18/h5-14H,15-16H2,1-4H3/b20-14+. The number of sulfone groups is 1. The Hall–Kier alpha value is -1.65. The van der Waals surface area contributed by atoms with E-state index in [-0.39, 0.29) is 5.75 Å². The molecule has 0 aromatic heterocycles. The lowest BCUT2D eigenvalue weighted by Crippen LogP contribution is -2.26. The van der Waals surface area contributed by atoms with Crippen LogP contribution in [0.4, 0.5) is 0 Å². The van der Waals surface area contributed by atoms with Gasteiger partial charge in [0.25, 0.3) is 0 Å². The molecule has 0 heterocycles. The van der Waals surface area contributed by atoms with Crippen LogP contribution in [0.1, 0.15) is 11.1 Å². The Bertz CT molecular complexity index is 799. The summed E-state index contributed by atoms with van der Waals surface area (Å²) in [6, 6.07) is 17.3. The molecule has 2 nitrogen and oxygen atoms in total. The zero-order valence-corrected chi connectivity index (χ0v) is 16.7. The van der Waals surface area contributed by atoms with Crippen LogP contribution in [0.2, 0.25) is 19.6 Å². The summed E-state index contributed by atoms with van der Waals surface area (Å²) in [6.45, 7) is 8.75. The quantitative estimate of drug-likeness (QED) is 0.694. The highest BCUT2D eigenvalue weighted by Crippen LogP contribution is 2.21. The minimum Gasteiger partial charge on any atom is -0.223 e. The van der Waals surface area contributed by atoms with Gasteiger partial charge in [-0.3, -0.25) is 0 Å². The SMILES string of the molecule is Cc1ccc(S(=O)(=O)C/C=C(\Cc2ccccc2)[Si](C)(C)C)cc1. The average molecular weight is 359 g/mol. The Morgan fingerprint density at radius 2 is 1.54 bits per heavy atom. The van der Waals surface area contributed by atoms with Crippen molar-refractivity contribution in [2.45, 2.75) is 37.9 Å². The van der Waals surface area contributed by atoms with E-state index in [9.17, 15) is 8.42 Å². The van der Waals surface area contributed by atoms with Crippen molar-refractivity contribution in [3.63, 3.8) is 0 Å². The van der Waals surface area contributed by atoms with Crippen molar-refractivity contribution in [1.82, 2.24) is 0 Å². The lowest BCUT2D eigenvalue weighted by Gasteiger charge is -2.21. The molecule has 0 saturated carbocycles. The summed E-state index contributed by atoms with van der Waals surface area (Å²) in [7, 11) is -4.86. The molecular weight excluding hydrogens is 332 g/mol. The molecule has 0 amide bonds. The molecule has 0 aliphatic rings. The monoisotopic (exact) mass is 358 g/mol. The molecule has 0 aliphatic carbocycles. The smallest absolute Gasteiger partial charge is 0.181 e. The summed E-state index contributed by atoms with van der Waals surface area (Å²) in [5, 5.41) is 1.28. The fraction of sp³-hybridized carbons (Fsp3) is 0.300. The fourth-order valence-corrected chi connectivity index (χ4v) is 5.27. The maximum absolute atomic E-state index is 12.6. The second kappa shape index (κ2) is 7.49. The van der Waals surface area contributed by atoms with Gasteiger partial charge in [-0.15, -0.1) is 0 Å². The van der Waals surface area contributed by atoms with Crippen LogP contribution in [-0.4, -0.2) is 22.2 Å². The number of aryl methyl sites for hydroxylation is 1. The highest BCUT2D eigenvalue weighted by atomic mass is 32.2. The van der Waals surface area contributed by atoms with E-state index in [0.29, 0.717) is 4.90 Å². The Labute approximate surface area is 147 Å². The molecule has 0 saturated heterocycles. The zero-order chi connectivity index (χ0) is 17.8. The molecular formula is C20H26O2SSi. The average Bonchev–Trinajstić information content (AvgIpc) is 2.52. The van der Waals surface area contributed by atoms with Crippen LogP contribution in [0.15, 0.2) is 70.8 Å². The van der Waals surface area contributed by atoms with Crippen LogP contribution in [0.25, 0.3) is 0 Å². The van der Waals surface area contributed by atoms with Gasteiger partial charge in [-0.2, -0.15) is 0 Å². The van der Waals surface area contributed by atoms with Crippen LogP contribution in [-0.2, 0) is 16.3 Å². The minimum atomic E-state index is -3.28. The molecule has 0 fully saturated rings. The van der Waals surface area contributed by atoms with Crippen LogP contribution in [0.3, 0.4) is 0 Å². The van der Waals surface area contributed by atoms with E-state index in [1.54, 1.807) is 12.1 Å². The van der Waals surface area contributed by atoms with Gasteiger partial charge in [0.2, 0.25) is 0 Å². The predicted molar refractivity (Wildman–Crippen MR) is 105 cm³/mol. The topological polar surface area (TPSA) is 34.1 Å². The zero-order valence-electron chi connectivity index (χ0n) is 14.9. The van der Waals surface area contributed by atoms with Crippen LogP contribution in [0.5, 0.6) is 0 Å². The second-order valence-electron chi connectivity index (χ2n) is 7.24. The number of hydrogen-bond acceptors (Lipinski definition) is 2. The molecule has 2 rings (SSSR count). The van der Waals surface area contributed by atoms with E-state index in [1.807, 2.05) is 43.3 Å². The summed E-state index contributed by atoms with van der Waals surface area (Å²) in [5.74, 6) is 0.0719. The maximum atomic E-state index is 12.6. The van der Waals surface area contributed by atoms with Crippen molar-refractivity contribution in [3.05, 3.63) is 77.0 Å². The molecule has 0 aliphatic heterocycles. The predicted octanol–water partition coefficient (Wildman–Crippen LogP) is 4.82. The van der Waals surface area contributed by atoms with Gasteiger partial charge in [-0.25, -0.2) is 8.42 Å². The normalized spacial score (nSPS) is 13.1. The molecule has 24 heavy (non-hydrogen) atoms. The number of benzene rings is 2. The highest BCUT2D eigenvalue weighted by Gasteiger charge is 2.21. The van der Waals surface area contributed by atoms with Crippen molar-refractivity contribution in [1.29, 1.82) is 0 Å². The first-order valence-corrected chi connectivity index (χ1v) is 13.4. The molecule has 4 heteroatoms. The van der Waals surface area contributed by atoms with Gasteiger partial charge >= 0.3 is 0 Å². The number of rotatable bonds is 6. The summed E-state index contributed by atoms with van der Waals surface area (Å²) in [5.41, 5.74) is 2.30. The van der Waals surface area contributed by atoms with E-state index < -0.39 is 17.9 Å². The number of hydrogen-bond donors (Lipinski definition) is 0. The van der Waals surface area contributed by atoms with Gasteiger partial charge in [-0.1, -0.05) is 78.9 Å². The first kappa shape index (κ1) is 18.7. The van der Waals surface area contributed by atoms with E-state index in [4.69, 9.17) is 0 Å². The summed E-state index contributed by atoms with van der Waals surface area (Å²) in [4.78, 5) is 0.402. The third-order valence-electron chi connectivity index (χ3n) is 4.13. The third kappa shape index (κ3) is 5.18. The van der Waals surface area contributed by atoms with E-state index >= 15 is 0 Å². The molecule has 128 valence electrons. The van der Waals surface area contributed by atoms with Crippen molar-refractivity contribution in [2.75, 3.05) is 5.75 Å². The van der Waals surface area contributed by atoms with E-state index in [1.165, 1.54) is 10.8 Å². The lowest BCUT2D eigenvalue weighted by molar-refractivity contribution is 0.599. The molecule has 0 radical (unpaired) electrons. The summed E-state index contributed by atoms with van der Waals surface area (Å²) >= 11 is 0. The van der Waals surface area contributed by atoms with E-state index in [2.05, 4.69) is 31.8 Å². The molecule has 0 unspecified atom stereocenters. The van der Waals surface area contributed by atoms with Crippen molar-refractivity contribution < 1.29 is 8.42 Å². The van der Waals surface area contributed by atoms with Crippen molar-refractivity contribution >= 4 is 17.9 Å². The Morgan fingerprint density at radius 3 is 2.08 bits per heavy atom. The minimum absolute atomic E-state index is 0.0719. The Morgan fingerprint density at radius 1 is 0.958 bits per heavy atom. The van der Waals surface area contributed by atoms with Gasteiger partial charge in [-0.05, 0) is 31.0 Å².